The van der Waals surface area contributed by atoms with Crippen LogP contribution in [0.1, 0.15) is 56.3 Å². The van der Waals surface area contributed by atoms with Gasteiger partial charge in [0.05, 0.1) is 13.2 Å². The van der Waals surface area contributed by atoms with Crippen molar-refractivity contribution in [3.05, 3.63) is 35.4 Å². The number of aryl methyl sites for hydroxylation is 1. The first kappa shape index (κ1) is 21.1. The van der Waals surface area contributed by atoms with Crippen molar-refractivity contribution in [2.45, 2.75) is 52.1 Å². The lowest BCUT2D eigenvalue weighted by Crippen LogP contribution is -2.50. The molecule has 1 unspecified atom stereocenters. The van der Waals surface area contributed by atoms with Crippen molar-refractivity contribution in [2.75, 3.05) is 46.5 Å². The van der Waals surface area contributed by atoms with Gasteiger partial charge in [-0.2, -0.15) is 0 Å². The van der Waals surface area contributed by atoms with Gasteiger partial charge in [-0.3, -0.25) is 4.99 Å². The van der Waals surface area contributed by atoms with Gasteiger partial charge in [-0.05, 0) is 49.7 Å². The van der Waals surface area contributed by atoms with E-state index in [9.17, 15) is 0 Å². The fourth-order valence-corrected chi connectivity index (χ4v) is 4.65. The quantitative estimate of drug-likeness (QED) is 0.437. The number of hydrogen-bond donors (Lipinski definition) is 1. The van der Waals surface area contributed by atoms with E-state index in [4.69, 9.17) is 9.47 Å². The van der Waals surface area contributed by atoms with E-state index in [0.29, 0.717) is 5.41 Å². The second kappa shape index (κ2) is 10.3. The van der Waals surface area contributed by atoms with Crippen LogP contribution < -0.4 is 5.32 Å². The molecule has 1 N–H and O–H groups in total. The molecule has 1 saturated carbocycles. The lowest BCUT2D eigenvalue weighted by atomic mass is 9.83. The summed E-state index contributed by atoms with van der Waals surface area (Å²) in [5, 5.41) is 3.70. The molecule has 0 spiro atoms. The van der Waals surface area contributed by atoms with Gasteiger partial charge in [0.2, 0.25) is 0 Å². The topological polar surface area (TPSA) is 46.1 Å². The van der Waals surface area contributed by atoms with Gasteiger partial charge < -0.3 is 19.7 Å². The highest BCUT2D eigenvalue weighted by atomic mass is 16.5. The van der Waals surface area contributed by atoms with Crippen molar-refractivity contribution >= 4 is 5.96 Å². The molecule has 1 saturated heterocycles. The molecular weight excluding hydrogens is 350 g/mol. The predicted octanol–water partition coefficient (Wildman–Crippen LogP) is 3.93. The molecule has 0 amide bonds. The minimum atomic E-state index is 0.104. The molecule has 0 bridgehead atoms. The Balaban J connectivity index is 1.60. The Hall–Kier alpha value is -1.59. The van der Waals surface area contributed by atoms with Gasteiger partial charge >= 0.3 is 0 Å². The highest BCUT2D eigenvalue weighted by Crippen LogP contribution is 2.40. The SMILES string of the molecule is CCOCCC1(CNC(=NC)N2CCOC(c3ccccc3C)C2)CCCC1. The normalized spacial score (nSPS) is 22.5. The number of guanidine groups is 1. The standard InChI is InChI=1S/C23H37N3O2/c1-4-27-15-13-23(11-7-8-12-23)18-25-22(24-3)26-14-16-28-21(17-26)20-10-6-5-9-19(20)2/h5-6,9-10,21H,4,7-8,11-18H2,1-3H3,(H,24,25). The van der Waals surface area contributed by atoms with Gasteiger partial charge in [-0.1, -0.05) is 37.1 Å². The molecule has 5 nitrogen and oxygen atoms in total. The van der Waals surface area contributed by atoms with Crippen LogP contribution >= 0.6 is 0 Å². The van der Waals surface area contributed by atoms with Gasteiger partial charge in [0.15, 0.2) is 5.96 Å². The molecule has 1 atom stereocenters. The van der Waals surface area contributed by atoms with Crippen LogP contribution in [0.25, 0.3) is 0 Å². The number of benzene rings is 1. The number of morpholine rings is 1. The predicted molar refractivity (Wildman–Crippen MR) is 115 cm³/mol. The lowest BCUT2D eigenvalue weighted by molar-refractivity contribution is -0.00856. The summed E-state index contributed by atoms with van der Waals surface area (Å²) in [7, 11) is 1.89. The van der Waals surface area contributed by atoms with Crippen LogP contribution in [0, 0.1) is 12.3 Å². The van der Waals surface area contributed by atoms with Crippen molar-refractivity contribution < 1.29 is 9.47 Å². The second-order valence-corrected chi connectivity index (χ2v) is 8.22. The van der Waals surface area contributed by atoms with E-state index in [-0.39, 0.29) is 6.10 Å². The van der Waals surface area contributed by atoms with E-state index in [2.05, 4.69) is 53.3 Å². The summed E-state index contributed by atoms with van der Waals surface area (Å²) < 4.78 is 11.8. The average Bonchev–Trinajstić information content (AvgIpc) is 3.18. The molecule has 3 rings (SSSR count). The molecular formula is C23H37N3O2. The Labute approximate surface area is 170 Å². The van der Waals surface area contributed by atoms with E-state index < -0.39 is 0 Å². The molecule has 0 radical (unpaired) electrons. The number of ether oxygens (including phenoxy) is 2. The average molecular weight is 388 g/mol. The number of nitrogens with one attached hydrogen (secondary N) is 1. The first-order chi connectivity index (χ1) is 13.7. The molecule has 28 heavy (non-hydrogen) atoms. The first-order valence-corrected chi connectivity index (χ1v) is 10.9. The van der Waals surface area contributed by atoms with Crippen molar-refractivity contribution in [1.82, 2.24) is 10.2 Å². The molecule has 1 heterocycles. The monoisotopic (exact) mass is 387 g/mol. The highest BCUT2D eigenvalue weighted by molar-refractivity contribution is 5.80. The van der Waals surface area contributed by atoms with Gasteiger partial charge in [0, 0.05) is 33.4 Å². The Morgan fingerprint density at radius 2 is 2.11 bits per heavy atom. The van der Waals surface area contributed by atoms with Crippen LogP contribution in [-0.2, 0) is 9.47 Å². The molecule has 1 aliphatic carbocycles. The maximum Gasteiger partial charge on any atom is 0.193 e. The molecule has 5 heteroatoms. The fourth-order valence-electron chi connectivity index (χ4n) is 4.65. The minimum absolute atomic E-state index is 0.104. The number of rotatable bonds is 7. The Morgan fingerprint density at radius 3 is 2.82 bits per heavy atom. The van der Waals surface area contributed by atoms with Crippen molar-refractivity contribution in [2.24, 2.45) is 10.4 Å². The molecule has 1 aliphatic heterocycles. The van der Waals surface area contributed by atoms with E-state index in [0.717, 1.165) is 51.8 Å². The maximum absolute atomic E-state index is 6.09. The summed E-state index contributed by atoms with van der Waals surface area (Å²) in [5.74, 6) is 1.00. The summed E-state index contributed by atoms with van der Waals surface area (Å²) in [6.07, 6.45) is 6.49. The Kier molecular flexibility index (Phi) is 7.74. The summed E-state index contributed by atoms with van der Waals surface area (Å²) >= 11 is 0. The van der Waals surface area contributed by atoms with E-state index in [1.807, 2.05) is 7.05 Å². The fraction of sp³-hybridized carbons (Fsp3) is 0.696. The second-order valence-electron chi connectivity index (χ2n) is 8.22. The summed E-state index contributed by atoms with van der Waals surface area (Å²) in [6, 6.07) is 8.52. The zero-order chi connectivity index (χ0) is 19.8. The molecule has 0 aromatic heterocycles. The van der Waals surface area contributed by atoms with Crippen LogP contribution in [0.3, 0.4) is 0 Å². The lowest BCUT2D eigenvalue weighted by Gasteiger charge is -2.37. The smallest absolute Gasteiger partial charge is 0.193 e. The van der Waals surface area contributed by atoms with Crippen molar-refractivity contribution in [1.29, 1.82) is 0 Å². The van der Waals surface area contributed by atoms with Gasteiger partial charge in [-0.15, -0.1) is 0 Å². The van der Waals surface area contributed by atoms with Gasteiger partial charge in [0.25, 0.3) is 0 Å². The zero-order valence-corrected chi connectivity index (χ0v) is 17.9. The number of nitrogens with zero attached hydrogens (tertiary/aromatic N) is 2. The molecule has 1 aromatic rings. The van der Waals surface area contributed by atoms with E-state index in [1.54, 1.807) is 0 Å². The van der Waals surface area contributed by atoms with Gasteiger partial charge in [0.1, 0.15) is 6.10 Å². The van der Waals surface area contributed by atoms with Crippen LogP contribution in [0.2, 0.25) is 0 Å². The third-order valence-corrected chi connectivity index (χ3v) is 6.38. The van der Waals surface area contributed by atoms with Gasteiger partial charge in [-0.25, -0.2) is 0 Å². The van der Waals surface area contributed by atoms with Crippen LogP contribution in [-0.4, -0.2) is 57.4 Å². The zero-order valence-electron chi connectivity index (χ0n) is 17.9. The minimum Gasteiger partial charge on any atom is -0.382 e. The molecule has 2 aliphatic rings. The third kappa shape index (κ3) is 5.26. The molecule has 156 valence electrons. The number of aliphatic imine (C=N–C) groups is 1. The largest absolute Gasteiger partial charge is 0.382 e. The number of hydrogen-bond acceptors (Lipinski definition) is 3. The third-order valence-electron chi connectivity index (χ3n) is 6.38. The summed E-state index contributed by atoms with van der Waals surface area (Å²) in [6.45, 7) is 9.35. The maximum atomic E-state index is 6.09. The summed E-state index contributed by atoms with van der Waals surface area (Å²) in [5.41, 5.74) is 2.93. The van der Waals surface area contributed by atoms with Crippen LogP contribution in [0.4, 0.5) is 0 Å². The first-order valence-electron chi connectivity index (χ1n) is 10.9. The van der Waals surface area contributed by atoms with E-state index >= 15 is 0 Å². The molecule has 2 fully saturated rings. The van der Waals surface area contributed by atoms with Crippen molar-refractivity contribution in [3.63, 3.8) is 0 Å². The van der Waals surface area contributed by atoms with Crippen molar-refractivity contribution in [3.8, 4) is 0 Å². The van der Waals surface area contributed by atoms with E-state index in [1.165, 1.54) is 36.8 Å². The molecule has 1 aromatic carbocycles. The van der Waals surface area contributed by atoms with Crippen LogP contribution in [0.15, 0.2) is 29.3 Å². The Bertz CT molecular complexity index is 640. The highest BCUT2D eigenvalue weighted by Gasteiger charge is 2.34. The Morgan fingerprint density at radius 1 is 1.32 bits per heavy atom. The van der Waals surface area contributed by atoms with Crippen LogP contribution in [0.5, 0.6) is 0 Å². The summed E-state index contributed by atoms with van der Waals surface area (Å²) in [4.78, 5) is 6.95.